The Balaban J connectivity index is 2.62. The summed E-state index contributed by atoms with van der Waals surface area (Å²) < 4.78 is 5.52. The molecule has 0 spiro atoms. The van der Waals surface area contributed by atoms with Crippen LogP contribution in [0.5, 0.6) is 0 Å². The van der Waals surface area contributed by atoms with Crippen LogP contribution >= 0.6 is 0 Å². The molecule has 1 heterocycles. The molecular weight excluding hydrogens is 282 g/mol. The van der Waals surface area contributed by atoms with E-state index in [2.05, 4.69) is 12.2 Å². The van der Waals surface area contributed by atoms with Crippen molar-refractivity contribution in [1.82, 2.24) is 10.2 Å². The van der Waals surface area contributed by atoms with Gasteiger partial charge in [0.05, 0.1) is 0 Å². The van der Waals surface area contributed by atoms with Gasteiger partial charge >= 0.3 is 5.97 Å². The van der Waals surface area contributed by atoms with Gasteiger partial charge in [0.25, 0.3) is 0 Å². The monoisotopic (exact) mass is 311 g/mol. The summed E-state index contributed by atoms with van der Waals surface area (Å²) in [5.74, 6) is -0.553. The number of carbonyl (C=O) groups excluding carboxylic acids is 2. The van der Waals surface area contributed by atoms with Crippen LogP contribution in [0.4, 0.5) is 0 Å². The molecule has 6 nitrogen and oxygen atoms in total. The molecule has 126 valence electrons. The Kier molecular flexibility index (Phi) is 8.55. The first kappa shape index (κ1) is 18.5. The molecule has 1 aliphatic rings. The molecule has 0 aromatic heterocycles. The van der Waals surface area contributed by atoms with Crippen molar-refractivity contribution >= 4 is 17.8 Å². The first-order valence-corrected chi connectivity index (χ1v) is 8.32. The molecule has 0 bridgehead atoms. The van der Waals surface area contributed by atoms with Gasteiger partial charge in [-0.1, -0.05) is 32.6 Å². The summed E-state index contributed by atoms with van der Waals surface area (Å²) in [4.78, 5) is 25.1. The number of amides is 1. The van der Waals surface area contributed by atoms with Crippen molar-refractivity contribution in [3.05, 3.63) is 0 Å². The second kappa shape index (κ2) is 10.2. The van der Waals surface area contributed by atoms with Crippen LogP contribution in [0.15, 0.2) is 0 Å². The summed E-state index contributed by atoms with van der Waals surface area (Å²) in [6.07, 6.45) is 8.29. The second-order valence-electron chi connectivity index (χ2n) is 5.96. The van der Waals surface area contributed by atoms with Gasteiger partial charge in [-0.3, -0.25) is 20.3 Å². The molecule has 0 saturated carbocycles. The average molecular weight is 311 g/mol. The Hall–Kier alpha value is -1.59. The third-order valence-electron chi connectivity index (χ3n) is 3.84. The van der Waals surface area contributed by atoms with E-state index < -0.39 is 0 Å². The Labute approximate surface area is 133 Å². The van der Waals surface area contributed by atoms with Crippen molar-refractivity contribution < 1.29 is 14.3 Å². The number of esters is 1. The van der Waals surface area contributed by atoms with Crippen molar-refractivity contribution in [2.45, 2.75) is 70.8 Å². The van der Waals surface area contributed by atoms with Gasteiger partial charge in [-0.2, -0.15) is 0 Å². The molecule has 1 amide bonds. The van der Waals surface area contributed by atoms with Crippen molar-refractivity contribution in [2.75, 3.05) is 13.6 Å². The topological polar surface area (TPSA) is 82.5 Å². The van der Waals surface area contributed by atoms with Crippen molar-refractivity contribution in [1.29, 1.82) is 5.41 Å². The number of ether oxygens (including phenoxy) is 1. The summed E-state index contributed by atoms with van der Waals surface area (Å²) in [5, 5.41) is 10.3. The van der Waals surface area contributed by atoms with Crippen LogP contribution in [0.2, 0.25) is 0 Å². The molecule has 0 radical (unpaired) electrons. The fourth-order valence-electron chi connectivity index (χ4n) is 2.56. The zero-order valence-corrected chi connectivity index (χ0v) is 13.8. The van der Waals surface area contributed by atoms with E-state index >= 15 is 0 Å². The first-order chi connectivity index (χ1) is 10.5. The fraction of sp³-hybridized carbons (Fsp3) is 0.812. The molecule has 22 heavy (non-hydrogen) atoms. The first-order valence-electron chi connectivity index (χ1n) is 8.32. The number of rotatable bonds is 2. The number of carbonyl (C=O) groups is 2. The maximum atomic E-state index is 12.0. The van der Waals surface area contributed by atoms with Gasteiger partial charge in [-0.05, 0) is 25.7 Å². The molecule has 1 rings (SSSR count). The highest BCUT2D eigenvalue weighted by molar-refractivity contribution is 5.96. The molecule has 2 N–H and O–H groups in total. The number of likely N-dealkylation sites (N-methyl/N-ethyl adjacent to an activating group) is 1. The van der Waals surface area contributed by atoms with E-state index in [9.17, 15) is 9.59 Å². The van der Waals surface area contributed by atoms with Gasteiger partial charge in [-0.25, -0.2) is 0 Å². The van der Waals surface area contributed by atoms with E-state index in [0.29, 0.717) is 6.42 Å². The van der Waals surface area contributed by atoms with E-state index in [1.807, 2.05) is 0 Å². The van der Waals surface area contributed by atoms with Crippen molar-refractivity contribution in [3.63, 3.8) is 0 Å². The van der Waals surface area contributed by atoms with E-state index in [1.54, 1.807) is 7.05 Å². The van der Waals surface area contributed by atoms with Gasteiger partial charge < -0.3 is 9.64 Å². The van der Waals surface area contributed by atoms with E-state index in [-0.39, 0.29) is 30.5 Å². The second-order valence-corrected chi connectivity index (χ2v) is 5.96. The maximum Gasteiger partial charge on any atom is 0.325 e. The van der Waals surface area contributed by atoms with Crippen LogP contribution in [0.25, 0.3) is 0 Å². The van der Waals surface area contributed by atoms with E-state index in [0.717, 1.165) is 51.4 Å². The van der Waals surface area contributed by atoms with Gasteiger partial charge in [0.1, 0.15) is 12.6 Å². The van der Waals surface area contributed by atoms with Crippen molar-refractivity contribution in [2.24, 2.45) is 0 Å². The quantitative estimate of drug-likeness (QED) is 0.767. The summed E-state index contributed by atoms with van der Waals surface area (Å²) in [5.41, 5.74) is 0. The minimum absolute atomic E-state index is 0.0146. The average Bonchev–Trinajstić information content (AvgIpc) is 2.45. The highest BCUT2D eigenvalue weighted by atomic mass is 16.5. The molecule has 1 aliphatic heterocycles. The summed E-state index contributed by atoms with van der Waals surface area (Å²) in [6, 6.07) is 0. The molecule has 0 aliphatic carbocycles. The van der Waals surface area contributed by atoms with Crippen LogP contribution in [-0.2, 0) is 14.3 Å². The lowest BCUT2D eigenvalue weighted by Gasteiger charge is -2.22. The van der Waals surface area contributed by atoms with Crippen LogP contribution in [0.1, 0.15) is 64.7 Å². The summed E-state index contributed by atoms with van der Waals surface area (Å²) in [7, 11) is 1.61. The molecule has 0 aromatic rings. The third kappa shape index (κ3) is 7.43. The highest BCUT2D eigenvalue weighted by Crippen LogP contribution is 2.14. The van der Waals surface area contributed by atoms with Crippen LogP contribution < -0.4 is 5.32 Å². The molecule has 1 saturated heterocycles. The SMILES string of the molecule is CCCC1CCCCCCCC(=O)NC(=N)N(C)CC(=O)O1. The predicted octanol–water partition coefficient (Wildman–Crippen LogP) is 2.43. The molecular formula is C16H29N3O3. The lowest BCUT2D eigenvalue weighted by Crippen LogP contribution is -2.44. The standard InChI is InChI=1S/C16H29N3O3/c1-3-9-13-10-7-5-4-6-8-11-14(20)18-16(17)19(2)12-15(21)22-13/h13H,3-12H2,1-2H3,(H2,17,18,20). The van der Waals surface area contributed by atoms with Crippen LogP contribution in [0.3, 0.4) is 0 Å². The van der Waals surface area contributed by atoms with Crippen LogP contribution in [0, 0.1) is 5.41 Å². The summed E-state index contributed by atoms with van der Waals surface area (Å²) in [6.45, 7) is 2.07. The van der Waals surface area contributed by atoms with Gasteiger partial charge in [0, 0.05) is 13.5 Å². The highest BCUT2D eigenvalue weighted by Gasteiger charge is 2.18. The minimum atomic E-state index is -0.338. The zero-order chi connectivity index (χ0) is 16.4. The van der Waals surface area contributed by atoms with Crippen molar-refractivity contribution in [3.8, 4) is 0 Å². The van der Waals surface area contributed by atoms with E-state index in [4.69, 9.17) is 10.1 Å². The lowest BCUT2D eigenvalue weighted by molar-refractivity contribution is -0.150. The maximum absolute atomic E-state index is 12.0. The molecule has 0 aromatic carbocycles. The number of nitrogens with zero attached hydrogens (tertiary/aromatic N) is 1. The largest absolute Gasteiger partial charge is 0.461 e. The number of guanidine groups is 1. The summed E-state index contributed by atoms with van der Waals surface area (Å²) >= 11 is 0. The Morgan fingerprint density at radius 1 is 1.23 bits per heavy atom. The van der Waals surface area contributed by atoms with Gasteiger partial charge in [0.15, 0.2) is 5.96 Å². The predicted molar refractivity (Wildman–Crippen MR) is 85.6 cm³/mol. The number of hydrogen-bond acceptors (Lipinski definition) is 4. The number of nitrogens with one attached hydrogen (secondary N) is 2. The number of hydrogen-bond donors (Lipinski definition) is 2. The number of cyclic esters (lactones) is 1. The molecule has 6 heteroatoms. The molecule has 1 unspecified atom stereocenters. The van der Waals surface area contributed by atoms with Gasteiger partial charge in [-0.15, -0.1) is 0 Å². The molecule has 1 atom stereocenters. The Bertz CT molecular complexity index is 385. The smallest absolute Gasteiger partial charge is 0.325 e. The molecule has 1 fully saturated rings. The fourth-order valence-corrected chi connectivity index (χ4v) is 2.56. The normalized spacial score (nSPS) is 23.3. The van der Waals surface area contributed by atoms with Crippen LogP contribution in [-0.4, -0.2) is 42.4 Å². The third-order valence-corrected chi connectivity index (χ3v) is 3.84. The lowest BCUT2D eigenvalue weighted by atomic mass is 10.0. The van der Waals surface area contributed by atoms with Gasteiger partial charge in [0.2, 0.25) is 5.91 Å². The minimum Gasteiger partial charge on any atom is -0.461 e. The Morgan fingerprint density at radius 3 is 2.64 bits per heavy atom. The Morgan fingerprint density at radius 2 is 1.91 bits per heavy atom. The van der Waals surface area contributed by atoms with E-state index in [1.165, 1.54) is 4.90 Å². The zero-order valence-electron chi connectivity index (χ0n) is 13.8.